The summed E-state index contributed by atoms with van der Waals surface area (Å²) in [5, 5.41) is 9.00. The van der Waals surface area contributed by atoms with E-state index in [1.54, 1.807) is 0 Å². The number of aliphatic imine (C=N–C) groups is 1. The van der Waals surface area contributed by atoms with Gasteiger partial charge in [-0.1, -0.05) is 37.3 Å². The zero-order valence-electron chi connectivity index (χ0n) is 16.5. The first-order chi connectivity index (χ1) is 12.6. The van der Waals surface area contributed by atoms with Crippen LogP contribution in [0.2, 0.25) is 0 Å². The van der Waals surface area contributed by atoms with Gasteiger partial charge in [0.05, 0.1) is 6.54 Å². The number of rotatable bonds is 9. The molecular weight excluding hydrogens is 340 g/mol. The highest BCUT2D eigenvalue weighted by atomic mass is 32.1. The quantitative estimate of drug-likeness (QED) is 0.520. The first kappa shape index (κ1) is 20.5. The van der Waals surface area contributed by atoms with Gasteiger partial charge >= 0.3 is 0 Å². The van der Waals surface area contributed by atoms with Gasteiger partial charge in [-0.2, -0.15) is 0 Å². The van der Waals surface area contributed by atoms with Crippen molar-refractivity contribution in [3.8, 4) is 0 Å². The van der Waals surface area contributed by atoms with Crippen LogP contribution in [0.5, 0.6) is 0 Å². The van der Waals surface area contributed by atoms with Crippen LogP contribution < -0.4 is 10.6 Å². The van der Waals surface area contributed by atoms with Crippen molar-refractivity contribution in [2.24, 2.45) is 10.9 Å². The Morgan fingerprint density at radius 1 is 1.12 bits per heavy atom. The summed E-state index contributed by atoms with van der Waals surface area (Å²) in [6.07, 6.45) is 1.11. The highest BCUT2D eigenvalue weighted by Gasteiger charge is 2.07. The van der Waals surface area contributed by atoms with Gasteiger partial charge in [0.1, 0.15) is 0 Å². The molecule has 0 amide bonds. The number of benzene rings is 1. The molecule has 26 heavy (non-hydrogen) atoms. The number of hydrogen-bond donors (Lipinski definition) is 2. The molecule has 142 valence electrons. The minimum Gasteiger partial charge on any atom is -0.357 e. The molecule has 4 nitrogen and oxygen atoms in total. The van der Waals surface area contributed by atoms with Gasteiger partial charge in [0.15, 0.2) is 5.96 Å². The van der Waals surface area contributed by atoms with Crippen LogP contribution in [0.25, 0.3) is 0 Å². The normalized spacial score (nSPS) is 13.0. The molecule has 5 heteroatoms. The molecule has 0 aliphatic rings. The predicted molar refractivity (Wildman–Crippen MR) is 114 cm³/mol. The van der Waals surface area contributed by atoms with Crippen LogP contribution >= 0.6 is 11.3 Å². The van der Waals surface area contributed by atoms with E-state index in [1.807, 2.05) is 11.3 Å². The third-order valence-corrected chi connectivity index (χ3v) is 5.00. The summed E-state index contributed by atoms with van der Waals surface area (Å²) in [5.74, 6) is 1.46. The van der Waals surface area contributed by atoms with Crippen LogP contribution in [0.1, 0.15) is 29.9 Å². The lowest BCUT2D eigenvalue weighted by Crippen LogP contribution is -2.39. The summed E-state index contributed by atoms with van der Waals surface area (Å²) in [5.41, 5.74) is 2.62. The molecule has 0 saturated carbocycles. The van der Waals surface area contributed by atoms with Crippen LogP contribution in [-0.4, -0.2) is 38.0 Å². The molecule has 0 aliphatic carbocycles. The van der Waals surface area contributed by atoms with Gasteiger partial charge in [0, 0.05) is 24.5 Å². The molecule has 1 aromatic carbocycles. The number of thiophene rings is 1. The molecule has 0 saturated heterocycles. The molecule has 1 unspecified atom stereocenters. The van der Waals surface area contributed by atoms with Crippen LogP contribution in [0.4, 0.5) is 0 Å². The molecule has 2 N–H and O–H groups in total. The lowest BCUT2D eigenvalue weighted by molar-refractivity contribution is 0.401. The lowest BCUT2D eigenvalue weighted by atomic mass is 10.1. The monoisotopic (exact) mass is 372 g/mol. The summed E-state index contributed by atoms with van der Waals surface area (Å²) in [6, 6.07) is 12.9. The second-order valence-corrected chi connectivity index (χ2v) is 8.00. The van der Waals surface area contributed by atoms with E-state index in [1.165, 1.54) is 16.0 Å². The third-order valence-electron chi connectivity index (χ3n) is 4.10. The van der Waals surface area contributed by atoms with Crippen molar-refractivity contribution >= 4 is 17.3 Å². The molecule has 0 bridgehead atoms. The fourth-order valence-corrected chi connectivity index (χ4v) is 3.70. The summed E-state index contributed by atoms with van der Waals surface area (Å²) in [7, 11) is 4.20. The lowest BCUT2D eigenvalue weighted by Gasteiger charge is -2.16. The summed E-state index contributed by atoms with van der Waals surface area (Å²) < 4.78 is 0. The Hall–Kier alpha value is -1.85. The van der Waals surface area contributed by atoms with Gasteiger partial charge in [0.25, 0.3) is 0 Å². The Balaban J connectivity index is 1.93. The summed E-state index contributed by atoms with van der Waals surface area (Å²) in [6.45, 7) is 7.80. The van der Waals surface area contributed by atoms with Gasteiger partial charge in [0.2, 0.25) is 0 Å². The van der Waals surface area contributed by atoms with Crippen molar-refractivity contribution in [1.29, 1.82) is 0 Å². The van der Waals surface area contributed by atoms with E-state index in [4.69, 9.17) is 4.99 Å². The Morgan fingerprint density at radius 2 is 1.88 bits per heavy atom. The average Bonchev–Trinajstić information content (AvgIpc) is 3.11. The van der Waals surface area contributed by atoms with Gasteiger partial charge in [-0.25, -0.2) is 4.99 Å². The van der Waals surface area contributed by atoms with E-state index >= 15 is 0 Å². The zero-order valence-corrected chi connectivity index (χ0v) is 17.3. The highest BCUT2D eigenvalue weighted by Crippen LogP contribution is 2.14. The van der Waals surface area contributed by atoms with E-state index in [0.717, 1.165) is 32.0 Å². The van der Waals surface area contributed by atoms with Crippen molar-refractivity contribution < 1.29 is 0 Å². The fraction of sp³-hybridized carbons (Fsp3) is 0.476. The smallest absolute Gasteiger partial charge is 0.191 e. The first-order valence-electron chi connectivity index (χ1n) is 9.34. The van der Waals surface area contributed by atoms with Gasteiger partial charge in [-0.05, 0) is 55.9 Å². The largest absolute Gasteiger partial charge is 0.357 e. The predicted octanol–water partition coefficient (Wildman–Crippen LogP) is 3.74. The van der Waals surface area contributed by atoms with E-state index < -0.39 is 0 Å². The highest BCUT2D eigenvalue weighted by molar-refractivity contribution is 7.09. The van der Waals surface area contributed by atoms with Crippen LogP contribution in [0, 0.1) is 5.92 Å². The maximum absolute atomic E-state index is 4.80. The van der Waals surface area contributed by atoms with Crippen LogP contribution in [0.15, 0.2) is 46.8 Å². The van der Waals surface area contributed by atoms with Crippen LogP contribution in [-0.2, 0) is 19.5 Å². The van der Waals surface area contributed by atoms with Crippen molar-refractivity contribution in [1.82, 2.24) is 15.5 Å². The SMILES string of the molecule is CCNC(=NCc1ccccc1CN(C)C)NCC(C)Cc1cccs1. The Morgan fingerprint density at radius 3 is 2.54 bits per heavy atom. The number of nitrogens with zero attached hydrogens (tertiary/aromatic N) is 2. The summed E-state index contributed by atoms with van der Waals surface area (Å²) >= 11 is 1.83. The van der Waals surface area contributed by atoms with Crippen molar-refractivity contribution in [2.75, 3.05) is 27.2 Å². The second kappa shape index (κ2) is 11.0. The third kappa shape index (κ3) is 7.18. The Bertz CT molecular complexity index is 664. The molecule has 1 atom stereocenters. The van der Waals surface area contributed by atoms with Gasteiger partial charge in [-0.3, -0.25) is 0 Å². The molecule has 0 radical (unpaired) electrons. The maximum atomic E-state index is 4.80. The number of guanidine groups is 1. The molecule has 2 rings (SSSR count). The molecule has 0 aliphatic heterocycles. The van der Waals surface area contributed by atoms with E-state index in [0.29, 0.717) is 12.5 Å². The molecule has 0 fully saturated rings. The average molecular weight is 373 g/mol. The topological polar surface area (TPSA) is 39.7 Å². The zero-order chi connectivity index (χ0) is 18.8. The van der Waals surface area contributed by atoms with E-state index in [2.05, 4.69) is 85.3 Å². The van der Waals surface area contributed by atoms with Gasteiger partial charge in [-0.15, -0.1) is 11.3 Å². The second-order valence-electron chi connectivity index (χ2n) is 6.97. The fourth-order valence-electron chi connectivity index (χ4n) is 2.83. The molecule has 2 aromatic rings. The minimum atomic E-state index is 0.568. The minimum absolute atomic E-state index is 0.568. The Labute approximate surface area is 162 Å². The molecule has 1 aromatic heterocycles. The number of nitrogens with one attached hydrogen (secondary N) is 2. The maximum Gasteiger partial charge on any atom is 0.191 e. The molecule has 1 heterocycles. The standard InChI is InChI=1S/C21H32N4S/c1-5-22-21(23-14-17(2)13-20-11-8-12-26-20)24-15-18-9-6-7-10-19(18)16-25(3)4/h6-12,17H,5,13-16H2,1-4H3,(H2,22,23,24). The van der Waals surface area contributed by atoms with Crippen molar-refractivity contribution in [2.45, 2.75) is 33.4 Å². The van der Waals surface area contributed by atoms with Crippen molar-refractivity contribution in [3.05, 3.63) is 57.8 Å². The van der Waals surface area contributed by atoms with Gasteiger partial charge < -0.3 is 15.5 Å². The summed E-state index contributed by atoms with van der Waals surface area (Å²) in [4.78, 5) is 8.44. The number of hydrogen-bond acceptors (Lipinski definition) is 3. The van der Waals surface area contributed by atoms with E-state index in [-0.39, 0.29) is 0 Å². The van der Waals surface area contributed by atoms with Crippen molar-refractivity contribution in [3.63, 3.8) is 0 Å². The molecule has 0 spiro atoms. The Kier molecular flexibility index (Phi) is 8.65. The first-order valence-corrected chi connectivity index (χ1v) is 10.2. The van der Waals surface area contributed by atoms with Crippen LogP contribution in [0.3, 0.4) is 0 Å². The van der Waals surface area contributed by atoms with E-state index in [9.17, 15) is 0 Å². The molecular formula is C21H32N4S.